The fraction of sp³-hybridized carbons (Fsp3) is 0.385. The molecule has 0 saturated carbocycles. The van der Waals surface area contributed by atoms with Gasteiger partial charge in [-0.25, -0.2) is 4.68 Å². The summed E-state index contributed by atoms with van der Waals surface area (Å²) in [5, 5.41) is 17.0. The molecule has 1 aromatic carbocycles. The zero-order chi connectivity index (χ0) is 14.2. The number of tetrazole rings is 1. The van der Waals surface area contributed by atoms with Crippen molar-refractivity contribution in [3.8, 4) is 5.69 Å². The standard InChI is InChI=1S/C13H18N6O.ClH/c1-2-7-14-8-9-15-13(20)11-3-5-12(6-4-11)19-10-16-17-18-19;/h3-6,10,14H,2,7-9H2,1H3,(H,15,20);1H. The average molecular weight is 311 g/mol. The molecule has 114 valence electrons. The van der Waals surface area contributed by atoms with Crippen LogP contribution < -0.4 is 10.6 Å². The van der Waals surface area contributed by atoms with Gasteiger partial charge in [-0.3, -0.25) is 4.79 Å². The molecule has 1 aromatic heterocycles. The summed E-state index contributed by atoms with van der Waals surface area (Å²) in [6.45, 7) is 4.48. The Hall–Kier alpha value is -1.99. The van der Waals surface area contributed by atoms with E-state index in [1.807, 2.05) is 0 Å². The van der Waals surface area contributed by atoms with E-state index in [2.05, 4.69) is 33.1 Å². The Morgan fingerprint density at radius 2 is 1.95 bits per heavy atom. The third kappa shape index (κ3) is 5.13. The maximum absolute atomic E-state index is 11.9. The van der Waals surface area contributed by atoms with Gasteiger partial charge in [-0.05, 0) is 47.7 Å². The number of carbonyl (C=O) groups excluding carboxylic acids is 1. The topological polar surface area (TPSA) is 84.7 Å². The van der Waals surface area contributed by atoms with Gasteiger partial charge in [-0.15, -0.1) is 17.5 Å². The van der Waals surface area contributed by atoms with E-state index < -0.39 is 0 Å². The van der Waals surface area contributed by atoms with Crippen LogP contribution in [-0.2, 0) is 0 Å². The van der Waals surface area contributed by atoms with Gasteiger partial charge in [0.1, 0.15) is 6.33 Å². The van der Waals surface area contributed by atoms with Gasteiger partial charge in [0.15, 0.2) is 0 Å². The fourth-order valence-electron chi connectivity index (χ4n) is 1.71. The highest BCUT2D eigenvalue weighted by atomic mass is 35.5. The maximum Gasteiger partial charge on any atom is 0.251 e. The third-order valence-electron chi connectivity index (χ3n) is 2.76. The molecule has 0 radical (unpaired) electrons. The smallest absolute Gasteiger partial charge is 0.251 e. The van der Waals surface area contributed by atoms with E-state index in [-0.39, 0.29) is 18.3 Å². The highest BCUT2D eigenvalue weighted by molar-refractivity contribution is 5.94. The van der Waals surface area contributed by atoms with Gasteiger partial charge in [-0.1, -0.05) is 6.92 Å². The third-order valence-corrected chi connectivity index (χ3v) is 2.76. The Morgan fingerprint density at radius 3 is 2.57 bits per heavy atom. The number of rotatable bonds is 7. The zero-order valence-corrected chi connectivity index (χ0v) is 12.6. The van der Waals surface area contributed by atoms with Gasteiger partial charge < -0.3 is 10.6 Å². The van der Waals surface area contributed by atoms with Gasteiger partial charge in [0.2, 0.25) is 0 Å². The lowest BCUT2D eigenvalue weighted by Gasteiger charge is -2.06. The summed E-state index contributed by atoms with van der Waals surface area (Å²) in [5.41, 5.74) is 1.44. The minimum absolute atomic E-state index is 0. The van der Waals surface area contributed by atoms with E-state index in [9.17, 15) is 4.79 Å². The summed E-state index contributed by atoms with van der Waals surface area (Å²) in [5.74, 6) is -0.0773. The van der Waals surface area contributed by atoms with Crippen molar-refractivity contribution in [3.05, 3.63) is 36.2 Å². The summed E-state index contributed by atoms with van der Waals surface area (Å²) in [4.78, 5) is 11.9. The molecular formula is C13H19ClN6O. The average Bonchev–Trinajstić information content (AvgIpc) is 3.01. The van der Waals surface area contributed by atoms with E-state index >= 15 is 0 Å². The van der Waals surface area contributed by atoms with Crippen molar-refractivity contribution in [2.45, 2.75) is 13.3 Å². The van der Waals surface area contributed by atoms with E-state index in [0.717, 1.165) is 25.2 Å². The van der Waals surface area contributed by atoms with Crippen LogP contribution in [0.4, 0.5) is 0 Å². The summed E-state index contributed by atoms with van der Waals surface area (Å²) >= 11 is 0. The minimum atomic E-state index is -0.0773. The number of nitrogens with zero attached hydrogens (tertiary/aromatic N) is 4. The normalized spacial score (nSPS) is 9.95. The van der Waals surface area contributed by atoms with Crippen LogP contribution in [0.25, 0.3) is 5.69 Å². The largest absolute Gasteiger partial charge is 0.351 e. The van der Waals surface area contributed by atoms with Crippen LogP contribution >= 0.6 is 12.4 Å². The van der Waals surface area contributed by atoms with Crippen LogP contribution in [0.2, 0.25) is 0 Å². The first-order chi connectivity index (χ1) is 9.81. The highest BCUT2D eigenvalue weighted by Gasteiger charge is 2.05. The van der Waals surface area contributed by atoms with E-state index in [4.69, 9.17) is 0 Å². The van der Waals surface area contributed by atoms with Crippen LogP contribution in [0.1, 0.15) is 23.7 Å². The molecule has 0 aliphatic carbocycles. The van der Waals surface area contributed by atoms with Crippen LogP contribution in [0.3, 0.4) is 0 Å². The number of amides is 1. The fourth-order valence-corrected chi connectivity index (χ4v) is 1.71. The van der Waals surface area contributed by atoms with Crippen LogP contribution in [0.5, 0.6) is 0 Å². The van der Waals surface area contributed by atoms with Gasteiger partial charge in [0.05, 0.1) is 5.69 Å². The zero-order valence-electron chi connectivity index (χ0n) is 11.8. The molecule has 0 aliphatic rings. The molecule has 7 nitrogen and oxygen atoms in total. The lowest BCUT2D eigenvalue weighted by molar-refractivity contribution is 0.0954. The lowest BCUT2D eigenvalue weighted by Crippen LogP contribution is -2.32. The molecule has 2 N–H and O–H groups in total. The molecule has 0 spiro atoms. The first-order valence-electron chi connectivity index (χ1n) is 6.63. The van der Waals surface area contributed by atoms with Gasteiger partial charge in [-0.2, -0.15) is 0 Å². The highest BCUT2D eigenvalue weighted by Crippen LogP contribution is 2.07. The SMILES string of the molecule is CCCNCCNC(=O)c1ccc(-n2cnnn2)cc1.Cl. The van der Waals surface area contributed by atoms with Crippen LogP contribution in [0, 0.1) is 0 Å². The minimum Gasteiger partial charge on any atom is -0.351 e. The molecule has 0 atom stereocenters. The molecule has 0 bridgehead atoms. The Balaban J connectivity index is 0.00000220. The number of hydrogen-bond donors (Lipinski definition) is 2. The lowest BCUT2D eigenvalue weighted by atomic mass is 10.2. The summed E-state index contributed by atoms with van der Waals surface area (Å²) in [6.07, 6.45) is 2.60. The van der Waals surface area contributed by atoms with E-state index in [0.29, 0.717) is 12.1 Å². The van der Waals surface area contributed by atoms with Gasteiger partial charge in [0, 0.05) is 18.7 Å². The first-order valence-corrected chi connectivity index (χ1v) is 6.63. The molecule has 0 unspecified atom stereocenters. The van der Waals surface area contributed by atoms with Crippen LogP contribution in [0.15, 0.2) is 30.6 Å². The number of benzene rings is 1. The molecular weight excluding hydrogens is 292 g/mol. The van der Waals surface area contributed by atoms with Crippen molar-refractivity contribution in [2.24, 2.45) is 0 Å². The second-order valence-corrected chi connectivity index (χ2v) is 4.31. The monoisotopic (exact) mass is 310 g/mol. The Bertz CT molecular complexity index is 528. The number of hydrogen-bond acceptors (Lipinski definition) is 5. The van der Waals surface area contributed by atoms with Crippen molar-refractivity contribution in [3.63, 3.8) is 0 Å². The van der Waals surface area contributed by atoms with Crippen LogP contribution in [-0.4, -0.2) is 45.7 Å². The van der Waals surface area contributed by atoms with Crippen molar-refractivity contribution in [1.29, 1.82) is 0 Å². The molecule has 0 saturated heterocycles. The van der Waals surface area contributed by atoms with Crippen molar-refractivity contribution in [1.82, 2.24) is 30.8 Å². The summed E-state index contributed by atoms with van der Waals surface area (Å²) in [6, 6.07) is 7.12. The molecule has 0 fully saturated rings. The summed E-state index contributed by atoms with van der Waals surface area (Å²) < 4.78 is 1.54. The maximum atomic E-state index is 11.9. The Kier molecular flexibility index (Phi) is 7.34. The quantitative estimate of drug-likeness (QED) is 0.739. The predicted molar refractivity (Wildman–Crippen MR) is 81.9 cm³/mol. The number of nitrogens with one attached hydrogen (secondary N) is 2. The van der Waals surface area contributed by atoms with E-state index in [1.165, 1.54) is 11.0 Å². The van der Waals surface area contributed by atoms with Crippen molar-refractivity contribution in [2.75, 3.05) is 19.6 Å². The van der Waals surface area contributed by atoms with E-state index in [1.54, 1.807) is 24.3 Å². The first kappa shape index (κ1) is 17.1. The second-order valence-electron chi connectivity index (χ2n) is 4.31. The molecule has 8 heteroatoms. The Morgan fingerprint density at radius 1 is 1.19 bits per heavy atom. The van der Waals surface area contributed by atoms with Crippen molar-refractivity contribution < 1.29 is 4.79 Å². The Labute approximate surface area is 129 Å². The molecule has 1 heterocycles. The van der Waals surface area contributed by atoms with Gasteiger partial charge >= 0.3 is 0 Å². The molecule has 2 rings (SSSR count). The molecule has 2 aromatic rings. The molecule has 0 aliphatic heterocycles. The number of carbonyl (C=O) groups is 1. The summed E-state index contributed by atoms with van der Waals surface area (Å²) in [7, 11) is 0. The van der Waals surface area contributed by atoms with Crippen molar-refractivity contribution >= 4 is 18.3 Å². The second kappa shape index (κ2) is 9.04. The number of halogens is 1. The molecule has 1 amide bonds. The predicted octanol–water partition coefficient (Wildman–Crippen LogP) is 0.813. The molecule has 21 heavy (non-hydrogen) atoms. The number of aromatic nitrogens is 4. The van der Waals surface area contributed by atoms with Gasteiger partial charge in [0.25, 0.3) is 5.91 Å².